The lowest BCUT2D eigenvalue weighted by atomic mass is 10.2. The van der Waals surface area contributed by atoms with Crippen molar-refractivity contribution in [2.75, 3.05) is 24.7 Å². The van der Waals surface area contributed by atoms with Gasteiger partial charge in [0.05, 0.1) is 18.1 Å². The average molecular weight is 281 g/mol. The maximum Gasteiger partial charge on any atom is 0.153 e. The lowest BCUT2D eigenvalue weighted by Crippen LogP contribution is -2.16. The summed E-state index contributed by atoms with van der Waals surface area (Å²) in [6.07, 6.45) is 0.636. The molecule has 2 N–H and O–H groups in total. The number of benzene rings is 1. The van der Waals surface area contributed by atoms with Crippen molar-refractivity contribution in [1.82, 2.24) is 0 Å². The lowest BCUT2D eigenvalue weighted by Gasteiger charge is -2.06. The molecule has 4 nitrogen and oxygen atoms in total. The summed E-state index contributed by atoms with van der Waals surface area (Å²) in [4.78, 5) is 0. The summed E-state index contributed by atoms with van der Waals surface area (Å²) in [6, 6.07) is 7.18. The van der Waals surface area contributed by atoms with Gasteiger partial charge < -0.3 is 10.5 Å². The third kappa shape index (κ3) is 6.27. The molecule has 0 aliphatic rings. The molecule has 1 aromatic rings. The van der Waals surface area contributed by atoms with Gasteiger partial charge in [-0.1, -0.05) is 18.8 Å². The summed E-state index contributed by atoms with van der Waals surface area (Å²) in [6.45, 7) is 2.35. The Kier molecular flexibility index (Phi) is 6.40. The van der Waals surface area contributed by atoms with Gasteiger partial charge in [-0.15, -0.1) is 0 Å². The molecule has 104 valence electrons. The van der Waals surface area contributed by atoms with E-state index in [0.717, 1.165) is 5.56 Å². The Morgan fingerprint density at radius 3 is 2.47 bits per heavy atom. The van der Waals surface area contributed by atoms with E-state index in [2.05, 4.69) is 11.8 Å². The Morgan fingerprint density at radius 2 is 1.89 bits per heavy atom. The van der Waals surface area contributed by atoms with Gasteiger partial charge in [0, 0.05) is 5.56 Å². The largest absolute Gasteiger partial charge is 0.493 e. The van der Waals surface area contributed by atoms with Gasteiger partial charge in [-0.25, -0.2) is 8.42 Å². The number of sulfone groups is 1. The summed E-state index contributed by atoms with van der Waals surface area (Å²) in [5, 5.41) is 0. The number of hydrogen-bond acceptors (Lipinski definition) is 4. The molecule has 0 unspecified atom stereocenters. The molecule has 0 heterocycles. The van der Waals surface area contributed by atoms with E-state index in [9.17, 15) is 8.42 Å². The van der Waals surface area contributed by atoms with Crippen LogP contribution in [0.25, 0.3) is 0 Å². The van der Waals surface area contributed by atoms with Crippen molar-refractivity contribution in [3.63, 3.8) is 0 Å². The molecule has 0 aliphatic carbocycles. The van der Waals surface area contributed by atoms with Crippen LogP contribution in [0, 0.1) is 11.8 Å². The molecule has 5 heteroatoms. The molecular formula is C14H19NO3S. The maximum atomic E-state index is 11.5. The van der Waals surface area contributed by atoms with Crippen molar-refractivity contribution >= 4 is 9.84 Å². The molecule has 0 saturated heterocycles. The molecule has 0 fully saturated rings. The van der Waals surface area contributed by atoms with Crippen LogP contribution in [0.4, 0.5) is 0 Å². The zero-order valence-electron chi connectivity index (χ0n) is 11.1. The van der Waals surface area contributed by atoms with Crippen molar-refractivity contribution in [3.8, 4) is 17.6 Å². The fourth-order valence-electron chi connectivity index (χ4n) is 1.49. The SMILES string of the molecule is CCCS(=O)(=O)CCOc1ccc(C#CCN)cc1. The van der Waals surface area contributed by atoms with E-state index in [4.69, 9.17) is 10.5 Å². The summed E-state index contributed by atoms with van der Waals surface area (Å²) in [5.74, 6) is 6.57. The van der Waals surface area contributed by atoms with Crippen LogP contribution in [0.3, 0.4) is 0 Å². The fraction of sp³-hybridized carbons (Fsp3) is 0.429. The Labute approximate surface area is 114 Å². The predicted molar refractivity (Wildman–Crippen MR) is 76.8 cm³/mol. The summed E-state index contributed by atoms with van der Waals surface area (Å²) >= 11 is 0. The van der Waals surface area contributed by atoms with Gasteiger partial charge in [0.1, 0.15) is 12.4 Å². The molecule has 19 heavy (non-hydrogen) atoms. The van der Waals surface area contributed by atoms with Crippen LogP contribution < -0.4 is 10.5 Å². The fourth-order valence-corrected chi connectivity index (χ4v) is 2.65. The van der Waals surface area contributed by atoms with Crippen LogP contribution >= 0.6 is 0 Å². The van der Waals surface area contributed by atoms with Crippen molar-refractivity contribution in [2.24, 2.45) is 5.73 Å². The first-order valence-corrected chi connectivity index (χ1v) is 8.02. The predicted octanol–water partition coefficient (Wildman–Crippen LogP) is 1.20. The van der Waals surface area contributed by atoms with Gasteiger partial charge in [0.2, 0.25) is 0 Å². The van der Waals surface area contributed by atoms with Gasteiger partial charge in [0.15, 0.2) is 9.84 Å². The minimum Gasteiger partial charge on any atom is -0.493 e. The van der Waals surface area contributed by atoms with Crippen LogP contribution in [0.2, 0.25) is 0 Å². The number of hydrogen-bond donors (Lipinski definition) is 1. The monoisotopic (exact) mass is 281 g/mol. The van der Waals surface area contributed by atoms with Crippen molar-refractivity contribution < 1.29 is 13.2 Å². The lowest BCUT2D eigenvalue weighted by molar-refractivity contribution is 0.341. The normalized spacial score (nSPS) is 10.6. The smallest absolute Gasteiger partial charge is 0.153 e. The van der Waals surface area contributed by atoms with E-state index >= 15 is 0 Å². The Morgan fingerprint density at radius 1 is 1.21 bits per heavy atom. The van der Waals surface area contributed by atoms with Gasteiger partial charge in [-0.2, -0.15) is 0 Å². The highest BCUT2D eigenvalue weighted by atomic mass is 32.2. The van der Waals surface area contributed by atoms with Crippen molar-refractivity contribution in [1.29, 1.82) is 0 Å². The molecule has 0 amide bonds. The molecule has 0 spiro atoms. The molecule has 0 saturated carbocycles. The number of ether oxygens (including phenoxy) is 1. The first kappa shape index (κ1) is 15.5. The molecule has 0 radical (unpaired) electrons. The third-order valence-corrected chi connectivity index (χ3v) is 4.19. The van der Waals surface area contributed by atoms with Gasteiger partial charge >= 0.3 is 0 Å². The van der Waals surface area contributed by atoms with Crippen LogP contribution in [-0.2, 0) is 9.84 Å². The summed E-state index contributed by atoms with van der Waals surface area (Å²) < 4.78 is 28.4. The van der Waals surface area contributed by atoms with Crippen LogP contribution in [0.1, 0.15) is 18.9 Å². The topological polar surface area (TPSA) is 69.4 Å². The molecule has 1 aromatic carbocycles. The second kappa shape index (κ2) is 7.82. The third-order valence-electron chi connectivity index (χ3n) is 2.37. The first-order valence-electron chi connectivity index (χ1n) is 6.19. The van der Waals surface area contributed by atoms with Gasteiger partial charge in [0.25, 0.3) is 0 Å². The molecule has 0 aliphatic heterocycles. The van der Waals surface area contributed by atoms with E-state index in [-0.39, 0.29) is 18.1 Å². The second-order valence-electron chi connectivity index (χ2n) is 4.03. The maximum absolute atomic E-state index is 11.5. The minimum atomic E-state index is -2.98. The van der Waals surface area contributed by atoms with E-state index in [1.54, 1.807) is 12.1 Å². The highest BCUT2D eigenvalue weighted by molar-refractivity contribution is 7.91. The number of nitrogens with two attached hydrogens (primary N) is 1. The quantitative estimate of drug-likeness (QED) is 0.796. The molecule has 0 bridgehead atoms. The van der Waals surface area contributed by atoms with Crippen molar-refractivity contribution in [2.45, 2.75) is 13.3 Å². The van der Waals surface area contributed by atoms with E-state index in [0.29, 0.717) is 18.7 Å². The van der Waals surface area contributed by atoms with E-state index in [1.807, 2.05) is 19.1 Å². The van der Waals surface area contributed by atoms with Crippen molar-refractivity contribution in [3.05, 3.63) is 29.8 Å². The van der Waals surface area contributed by atoms with Crippen LogP contribution in [-0.4, -0.2) is 33.1 Å². The zero-order chi connectivity index (χ0) is 14.1. The number of rotatable bonds is 6. The standard InChI is InChI=1S/C14H19NO3S/c1-2-11-19(16,17)12-10-18-14-7-5-13(6-8-14)4-3-9-15/h5-8H,2,9-12,15H2,1H3. The average Bonchev–Trinajstić information content (AvgIpc) is 2.37. The Balaban J connectivity index is 2.46. The Bertz CT molecular complexity index is 538. The Hall–Kier alpha value is -1.51. The zero-order valence-corrected chi connectivity index (χ0v) is 11.9. The highest BCUT2D eigenvalue weighted by Crippen LogP contribution is 2.11. The van der Waals surface area contributed by atoms with Gasteiger partial charge in [-0.05, 0) is 30.7 Å². The van der Waals surface area contributed by atoms with Gasteiger partial charge in [-0.3, -0.25) is 0 Å². The summed E-state index contributed by atoms with van der Waals surface area (Å²) in [5.41, 5.74) is 6.14. The van der Waals surface area contributed by atoms with Crippen LogP contribution in [0.15, 0.2) is 24.3 Å². The first-order chi connectivity index (χ1) is 9.07. The van der Waals surface area contributed by atoms with E-state index in [1.165, 1.54) is 0 Å². The highest BCUT2D eigenvalue weighted by Gasteiger charge is 2.09. The molecule has 0 atom stereocenters. The molecule has 1 rings (SSSR count). The van der Waals surface area contributed by atoms with E-state index < -0.39 is 9.84 Å². The molecule has 0 aromatic heterocycles. The minimum absolute atomic E-state index is 0.0512. The summed E-state index contributed by atoms with van der Waals surface area (Å²) in [7, 11) is -2.98. The van der Waals surface area contributed by atoms with Crippen LogP contribution in [0.5, 0.6) is 5.75 Å². The molecular weight excluding hydrogens is 262 g/mol. The second-order valence-corrected chi connectivity index (χ2v) is 6.33.